The number of nitrogens with one attached hydrogen (secondary N) is 1. The molecule has 1 N–H and O–H groups in total. The van der Waals surface area contributed by atoms with Crippen LogP contribution in [0.5, 0.6) is 0 Å². The van der Waals surface area contributed by atoms with Crippen molar-refractivity contribution in [3.05, 3.63) is 29.8 Å². The predicted octanol–water partition coefficient (Wildman–Crippen LogP) is 2.25. The van der Waals surface area contributed by atoms with Crippen molar-refractivity contribution in [3.8, 4) is 0 Å². The van der Waals surface area contributed by atoms with Crippen molar-refractivity contribution >= 4 is 17.9 Å². The van der Waals surface area contributed by atoms with E-state index in [1.54, 1.807) is 24.3 Å². The summed E-state index contributed by atoms with van der Waals surface area (Å²) in [5.41, 5.74) is 1.32. The van der Waals surface area contributed by atoms with Crippen LogP contribution in [0.15, 0.2) is 24.3 Å². The van der Waals surface area contributed by atoms with Crippen LogP contribution in [0.3, 0.4) is 0 Å². The number of hydrogen-bond donors (Lipinski definition) is 1. The Kier molecular flexibility index (Phi) is 4.10. The fourth-order valence-corrected chi connectivity index (χ4v) is 2.23. The van der Waals surface area contributed by atoms with Gasteiger partial charge in [-0.25, -0.2) is 0 Å². The third-order valence-electron chi connectivity index (χ3n) is 3.26. The number of ether oxygens (including phenoxy) is 1. The second-order valence-electron chi connectivity index (χ2n) is 4.44. The summed E-state index contributed by atoms with van der Waals surface area (Å²) in [4.78, 5) is 22.6. The number of rotatable bonds is 4. The van der Waals surface area contributed by atoms with E-state index in [2.05, 4.69) is 5.32 Å². The van der Waals surface area contributed by atoms with Crippen molar-refractivity contribution in [3.63, 3.8) is 0 Å². The second kappa shape index (κ2) is 5.78. The second-order valence-corrected chi connectivity index (χ2v) is 4.44. The molecule has 1 aliphatic heterocycles. The molecule has 1 saturated heterocycles. The molecule has 2 unspecified atom stereocenters. The predicted molar refractivity (Wildman–Crippen MR) is 68.6 cm³/mol. The molecule has 0 bridgehead atoms. The molecule has 1 amide bonds. The fourth-order valence-electron chi connectivity index (χ4n) is 2.23. The van der Waals surface area contributed by atoms with Crippen LogP contribution >= 0.6 is 0 Å². The number of anilines is 1. The van der Waals surface area contributed by atoms with E-state index in [1.807, 2.05) is 6.92 Å². The molecule has 0 aromatic heterocycles. The molecular weight excluding hydrogens is 230 g/mol. The van der Waals surface area contributed by atoms with Gasteiger partial charge in [-0.1, -0.05) is 6.92 Å². The van der Waals surface area contributed by atoms with E-state index in [0.29, 0.717) is 17.9 Å². The Morgan fingerprint density at radius 3 is 2.78 bits per heavy atom. The highest BCUT2D eigenvalue weighted by Crippen LogP contribution is 2.24. The molecule has 1 aliphatic rings. The molecule has 1 aromatic rings. The Morgan fingerprint density at radius 1 is 1.44 bits per heavy atom. The minimum Gasteiger partial charge on any atom is -0.377 e. The maximum absolute atomic E-state index is 12.1. The Labute approximate surface area is 106 Å². The lowest BCUT2D eigenvalue weighted by Gasteiger charge is -2.16. The van der Waals surface area contributed by atoms with Gasteiger partial charge in [-0.15, -0.1) is 0 Å². The summed E-state index contributed by atoms with van der Waals surface area (Å²) in [5.74, 6) is -0.0704. The molecule has 1 heterocycles. The zero-order valence-corrected chi connectivity index (χ0v) is 10.4. The summed E-state index contributed by atoms with van der Waals surface area (Å²) >= 11 is 0. The average Bonchev–Trinajstić information content (AvgIpc) is 2.88. The van der Waals surface area contributed by atoms with Gasteiger partial charge in [-0.05, 0) is 37.1 Å². The fraction of sp³-hybridized carbons (Fsp3) is 0.429. The minimum absolute atomic E-state index is 0.00166. The molecule has 0 saturated carbocycles. The van der Waals surface area contributed by atoms with Crippen molar-refractivity contribution < 1.29 is 14.3 Å². The maximum Gasteiger partial charge on any atom is 0.230 e. The van der Waals surface area contributed by atoms with Gasteiger partial charge < -0.3 is 10.1 Å². The summed E-state index contributed by atoms with van der Waals surface area (Å²) < 4.78 is 5.50. The highest BCUT2D eigenvalue weighted by molar-refractivity contribution is 5.93. The molecule has 96 valence electrons. The minimum atomic E-state index is -0.0688. The lowest BCUT2D eigenvalue weighted by Crippen LogP contribution is -2.29. The first-order chi connectivity index (χ1) is 8.74. The maximum atomic E-state index is 12.1. The first-order valence-corrected chi connectivity index (χ1v) is 6.22. The Morgan fingerprint density at radius 2 is 2.17 bits per heavy atom. The standard InChI is InChI=1S/C14H17NO3/c1-2-13-12(7-8-18-13)14(17)15-11-5-3-10(9-16)4-6-11/h3-6,9,12-13H,2,7-8H2,1H3,(H,15,17). The molecule has 0 spiro atoms. The highest BCUT2D eigenvalue weighted by atomic mass is 16.5. The van der Waals surface area contributed by atoms with Gasteiger partial charge in [-0.2, -0.15) is 0 Å². The summed E-state index contributed by atoms with van der Waals surface area (Å²) in [6.07, 6.45) is 2.43. The molecule has 1 aromatic carbocycles. The van der Waals surface area contributed by atoms with E-state index in [1.165, 1.54) is 0 Å². The zero-order chi connectivity index (χ0) is 13.0. The number of benzene rings is 1. The van der Waals surface area contributed by atoms with Crippen molar-refractivity contribution in [1.29, 1.82) is 0 Å². The van der Waals surface area contributed by atoms with Crippen LogP contribution in [0.2, 0.25) is 0 Å². The topological polar surface area (TPSA) is 55.4 Å². The number of aldehydes is 1. The van der Waals surface area contributed by atoms with E-state index in [4.69, 9.17) is 4.74 Å². The molecule has 0 radical (unpaired) electrons. The summed E-state index contributed by atoms with van der Waals surface area (Å²) in [6.45, 7) is 2.68. The summed E-state index contributed by atoms with van der Waals surface area (Å²) in [6, 6.07) is 6.84. The largest absolute Gasteiger partial charge is 0.377 e. The van der Waals surface area contributed by atoms with Crippen molar-refractivity contribution in [2.75, 3.05) is 11.9 Å². The van der Waals surface area contributed by atoms with Crippen molar-refractivity contribution in [1.82, 2.24) is 0 Å². The highest BCUT2D eigenvalue weighted by Gasteiger charge is 2.32. The van der Waals surface area contributed by atoms with Crippen LogP contribution in [0.25, 0.3) is 0 Å². The average molecular weight is 247 g/mol. The quantitative estimate of drug-likeness (QED) is 0.830. The molecule has 18 heavy (non-hydrogen) atoms. The van der Waals surface area contributed by atoms with Crippen LogP contribution in [0.4, 0.5) is 5.69 Å². The number of amides is 1. The van der Waals surface area contributed by atoms with Crippen LogP contribution in [-0.4, -0.2) is 24.9 Å². The Hall–Kier alpha value is -1.68. The van der Waals surface area contributed by atoms with E-state index in [0.717, 1.165) is 19.1 Å². The van der Waals surface area contributed by atoms with Crippen LogP contribution in [-0.2, 0) is 9.53 Å². The molecular formula is C14H17NO3. The molecule has 4 nitrogen and oxygen atoms in total. The van der Waals surface area contributed by atoms with Crippen LogP contribution < -0.4 is 5.32 Å². The van der Waals surface area contributed by atoms with Crippen LogP contribution in [0.1, 0.15) is 30.1 Å². The van der Waals surface area contributed by atoms with Gasteiger partial charge in [0, 0.05) is 17.9 Å². The summed E-state index contributed by atoms with van der Waals surface area (Å²) in [5, 5.41) is 2.86. The van der Waals surface area contributed by atoms with Gasteiger partial charge in [0.05, 0.1) is 12.0 Å². The molecule has 2 rings (SSSR count). The van der Waals surface area contributed by atoms with Gasteiger partial charge in [0.15, 0.2) is 0 Å². The Balaban J connectivity index is 1.99. The van der Waals surface area contributed by atoms with E-state index >= 15 is 0 Å². The normalized spacial score (nSPS) is 22.7. The monoisotopic (exact) mass is 247 g/mol. The van der Waals surface area contributed by atoms with Crippen molar-refractivity contribution in [2.45, 2.75) is 25.9 Å². The number of carbonyl (C=O) groups excluding carboxylic acids is 2. The molecule has 0 aliphatic carbocycles. The van der Waals surface area contributed by atoms with Gasteiger partial charge in [-0.3, -0.25) is 9.59 Å². The number of carbonyl (C=O) groups is 2. The van der Waals surface area contributed by atoms with E-state index in [-0.39, 0.29) is 17.9 Å². The number of hydrogen-bond acceptors (Lipinski definition) is 3. The Bertz CT molecular complexity index is 427. The lowest BCUT2D eigenvalue weighted by molar-refractivity contribution is -0.121. The smallest absolute Gasteiger partial charge is 0.230 e. The summed E-state index contributed by atoms with van der Waals surface area (Å²) in [7, 11) is 0. The van der Waals surface area contributed by atoms with E-state index in [9.17, 15) is 9.59 Å². The van der Waals surface area contributed by atoms with Gasteiger partial charge in [0.25, 0.3) is 0 Å². The third kappa shape index (κ3) is 2.76. The van der Waals surface area contributed by atoms with E-state index < -0.39 is 0 Å². The first kappa shape index (κ1) is 12.8. The van der Waals surface area contributed by atoms with Gasteiger partial charge in [0.1, 0.15) is 6.29 Å². The first-order valence-electron chi connectivity index (χ1n) is 6.22. The van der Waals surface area contributed by atoms with Crippen LogP contribution in [0, 0.1) is 5.92 Å². The molecule has 1 fully saturated rings. The van der Waals surface area contributed by atoms with Gasteiger partial charge in [0.2, 0.25) is 5.91 Å². The van der Waals surface area contributed by atoms with Crippen molar-refractivity contribution in [2.24, 2.45) is 5.92 Å². The molecule has 4 heteroatoms. The SMILES string of the molecule is CCC1OCCC1C(=O)Nc1ccc(C=O)cc1. The zero-order valence-electron chi connectivity index (χ0n) is 10.4. The molecule has 2 atom stereocenters. The lowest BCUT2D eigenvalue weighted by atomic mass is 9.98. The van der Waals surface area contributed by atoms with Gasteiger partial charge >= 0.3 is 0 Å². The third-order valence-corrected chi connectivity index (χ3v) is 3.26.